The number of allylic oxidation sites excluding steroid dienone is 5. The highest BCUT2D eigenvalue weighted by molar-refractivity contribution is 6.40. The normalized spacial score (nSPS) is 16.5. The first kappa shape index (κ1) is 57.6. The lowest BCUT2D eigenvalue weighted by Crippen LogP contribution is -2.36. The molecule has 0 spiro atoms. The minimum Gasteiger partial charge on any atom is -0.871 e. The molecule has 1 aliphatic heterocycles. The van der Waals surface area contributed by atoms with Crippen molar-refractivity contribution in [2.45, 2.75) is 184 Å². The molecule has 2 aliphatic carbocycles. The lowest BCUT2D eigenvalue weighted by atomic mass is 9.78. The van der Waals surface area contributed by atoms with E-state index in [1.807, 2.05) is 50.3 Å². The average molecular weight is 1070 g/mol. The second kappa shape index (κ2) is 21.8. The summed E-state index contributed by atoms with van der Waals surface area (Å²) in [4.78, 5) is 44.0. The predicted molar refractivity (Wildman–Crippen MR) is 333 cm³/mol. The first-order valence-electron chi connectivity index (χ1n) is 29.6. The van der Waals surface area contributed by atoms with Crippen LogP contribution in [0.4, 0.5) is 17.1 Å². The molecule has 0 bridgehead atoms. The van der Waals surface area contributed by atoms with Crippen LogP contribution in [0.15, 0.2) is 132 Å². The topological polar surface area (TPSA) is 106 Å². The van der Waals surface area contributed by atoms with E-state index in [4.69, 9.17) is 0 Å². The Balaban J connectivity index is 1.23. The summed E-state index contributed by atoms with van der Waals surface area (Å²) >= 11 is 0. The number of carbonyl (C=O) groups excluding carboxylic acids is 3. The molecule has 2 amide bonds. The number of amides is 2. The van der Waals surface area contributed by atoms with Gasteiger partial charge in [-0.15, -0.1) is 0 Å². The predicted octanol–water partition coefficient (Wildman–Crippen LogP) is 16.8. The van der Waals surface area contributed by atoms with Gasteiger partial charge in [0, 0.05) is 74.9 Å². The second-order valence-electron chi connectivity index (χ2n) is 26.9. The minimum atomic E-state index is -0.430. The molecular weight excluding hydrogens is 985 g/mol. The molecule has 2 atom stereocenters. The number of unbranched alkanes of at least 4 members (excludes halogenated alkanes) is 2. The Labute approximate surface area is 476 Å². The van der Waals surface area contributed by atoms with Gasteiger partial charge in [-0.25, -0.2) is 0 Å². The molecule has 2 heterocycles. The third-order valence-electron chi connectivity index (χ3n) is 17.0. The van der Waals surface area contributed by atoms with Crippen LogP contribution in [0.3, 0.4) is 0 Å². The van der Waals surface area contributed by atoms with Gasteiger partial charge >= 0.3 is 0 Å². The van der Waals surface area contributed by atoms with Crippen LogP contribution in [-0.4, -0.2) is 27.9 Å². The highest BCUT2D eigenvalue weighted by Crippen LogP contribution is 2.49. The molecule has 9 rings (SSSR count). The number of nitrogens with one attached hydrogen (secondary N) is 2. The molecule has 0 saturated carbocycles. The van der Waals surface area contributed by atoms with Crippen LogP contribution in [0.25, 0.3) is 44.2 Å². The van der Waals surface area contributed by atoms with Gasteiger partial charge in [0.25, 0.3) is 0 Å². The van der Waals surface area contributed by atoms with E-state index in [9.17, 15) is 9.59 Å². The summed E-state index contributed by atoms with van der Waals surface area (Å²) in [6.07, 6.45) is 12.2. The van der Waals surface area contributed by atoms with Crippen LogP contribution >= 0.6 is 0 Å². The molecule has 5 aromatic carbocycles. The number of benzene rings is 5. The number of carbonyl (C=O) groups is 3. The Hall–Kier alpha value is -7.06. The number of ketones is 1. The van der Waals surface area contributed by atoms with E-state index < -0.39 is 11.5 Å². The van der Waals surface area contributed by atoms with Gasteiger partial charge in [-0.1, -0.05) is 173 Å². The molecule has 0 radical (unpaired) electrons. The van der Waals surface area contributed by atoms with Crippen molar-refractivity contribution in [2.75, 3.05) is 5.32 Å². The summed E-state index contributed by atoms with van der Waals surface area (Å²) in [5.74, 6) is -1.65. The number of rotatable bonds is 14. The van der Waals surface area contributed by atoms with Crippen molar-refractivity contribution in [3.63, 3.8) is 0 Å². The van der Waals surface area contributed by atoms with Crippen LogP contribution in [0, 0.1) is 11.8 Å². The molecule has 80 heavy (non-hydrogen) atoms. The third kappa shape index (κ3) is 10.8. The molecule has 2 N–H and O–H groups in total. The van der Waals surface area contributed by atoms with Crippen molar-refractivity contribution in [3.8, 4) is 16.8 Å². The monoisotopic (exact) mass is 1070 g/mol. The van der Waals surface area contributed by atoms with Crippen molar-refractivity contribution < 1.29 is 19.5 Å². The second-order valence-corrected chi connectivity index (χ2v) is 26.9. The van der Waals surface area contributed by atoms with E-state index in [1.54, 1.807) is 0 Å². The number of fused-ring (bicyclic) bond motifs is 6. The number of hydrogen-bond donors (Lipinski definition) is 2. The van der Waals surface area contributed by atoms with E-state index in [0.717, 1.165) is 94.2 Å². The van der Waals surface area contributed by atoms with Crippen molar-refractivity contribution in [2.24, 2.45) is 11.8 Å². The van der Waals surface area contributed by atoms with Gasteiger partial charge in [-0.2, -0.15) is 4.58 Å². The highest BCUT2D eigenvalue weighted by atomic mass is 16.3. The molecule has 418 valence electrons. The van der Waals surface area contributed by atoms with E-state index in [0.29, 0.717) is 35.4 Å². The smallest absolute Gasteiger partial charge is 0.227 e. The van der Waals surface area contributed by atoms with E-state index in [-0.39, 0.29) is 56.5 Å². The van der Waals surface area contributed by atoms with Gasteiger partial charge in [0.15, 0.2) is 5.78 Å². The molecule has 1 aromatic heterocycles. The first-order chi connectivity index (χ1) is 37.7. The molecule has 8 heteroatoms. The standard InChI is InChI=1S/C72H86N4O4/c1-17-21-23-43(19-3)67(79)73-57-41-49(75-59-33-25-45(69(5,6)7)37-53(59)54-38-46(70(8,9)10)26-34-60(54)75)29-31-51(57)63-65(77)64(66(63)78)52-32-30-50(42-58(52)74-68(80)44(20-4)24-22-18-2)76-61-35-27-47(71(11,12)13)39-55(61)56-40-48(72(14,15)16)28-36-62(56)76/h25-44H,17-24H2,1-16H3,(H2,73,74,77,78,79,80). The fourth-order valence-electron chi connectivity index (χ4n) is 11.7. The van der Waals surface area contributed by atoms with Gasteiger partial charge in [0.1, 0.15) is 0 Å². The maximum absolute atomic E-state index is 15.2. The molecule has 0 fully saturated rings. The summed E-state index contributed by atoms with van der Waals surface area (Å²) in [6.45, 7) is 35.1. The number of hydrogen-bond acceptors (Lipinski definition) is 4. The van der Waals surface area contributed by atoms with Crippen molar-refractivity contribution >= 4 is 67.8 Å². The molecular formula is C72H86N4O4. The number of anilines is 1. The zero-order valence-corrected chi connectivity index (χ0v) is 50.7. The van der Waals surface area contributed by atoms with Crippen LogP contribution < -0.4 is 20.3 Å². The number of nitrogens with zero attached hydrogens (tertiary/aromatic N) is 2. The lowest BCUT2D eigenvalue weighted by Gasteiger charge is -2.34. The van der Waals surface area contributed by atoms with Gasteiger partial charge in [0.05, 0.1) is 33.5 Å². The van der Waals surface area contributed by atoms with Crippen LogP contribution in [0.1, 0.15) is 190 Å². The number of aromatic nitrogens is 1. The minimum absolute atomic E-state index is 0.0118. The zero-order valence-electron chi connectivity index (χ0n) is 50.7. The summed E-state index contributed by atoms with van der Waals surface area (Å²) in [7, 11) is 0. The zero-order chi connectivity index (χ0) is 58.0. The van der Waals surface area contributed by atoms with Gasteiger partial charge in [-0.05, 0) is 124 Å². The fourth-order valence-corrected chi connectivity index (χ4v) is 11.7. The van der Waals surface area contributed by atoms with Crippen molar-refractivity contribution in [1.29, 1.82) is 0 Å². The first-order valence-corrected chi connectivity index (χ1v) is 29.6. The summed E-state index contributed by atoms with van der Waals surface area (Å²) < 4.78 is 4.46. The summed E-state index contributed by atoms with van der Waals surface area (Å²) in [5, 5.41) is 24.0. The summed E-state index contributed by atoms with van der Waals surface area (Å²) in [5.41, 5.74) is 14.1. The van der Waals surface area contributed by atoms with Gasteiger partial charge in [0.2, 0.25) is 28.9 Å². The Kier molecular flexibility index (Phi) is 15.7. The van der Waals surface area contributed by atoms with Gasteiger partial charge in [-0.3, -0.25) is 14.4 Å². The van der Waals surface area contributed by atoms with Gasteiger partial charge < -0.3 is 20.3 Å². The maximum Gasteiger partial charge on any atom is 0.227 e. The Morgan fingerprint density at radius 3 is 1.46 bits per heavy atom. The van der Waals surface area contributed by atoms with E-state index in [2.05, 4.69) is 190 Å². The quantitative estimate of drug-likeness (QED) is 0.0836. The summed E-state index contributed by atoms with van der Waals surface area (Å²) in [6, 6.07) is 32.5. The maximum atomic E-state index is 15.2. The highest BCUT2D eigenvalue weighted by Gasteiger charge is 2.39. The van der Waals surface area contributed by atoms with Crippen molar-refractivity contribution in [3.05, 3.63) is 160 Å². The third-order valence-corrected chi connectivity index (χ3v) is 17.0. The Morgan fingerprint density at radius 1 is 0.550 bits per heavy atom. The molecule has 2 unspecified atom stereocenters. The number of Topliss-reactive ketones (excluding diaryl/α,β-unsaturated/α-hetero) is 1. The largest absolute Gasteiger partial charge is 0.871 e. The fraction of sp³-hybridized carbons (Fsp3) is 0.417. The average Bonchev–Trinajstić information content (AvgIpc) is 4.00. The molecule has 3 aliphatic rings. The van der Waals surface area contributed by atoms with Crippen LogP contribution in [-0.2, 0) is 36.0 Å². The van der Waals surface area contributed by atoms with Crippen molar-refractivity contribution in [1.82, 2.24) is 14.5 Å². The van der Waals surface area contributed by atoms with E-state index in [1.165, 1.54) is 22.3 Å². The molecule has 0 saturated heterocycles. The van der Waals surface area contributed by atoms with Crippen LogP contribution in [0.2, 0.25) is 0 Å². The SMILES string of the molecule is CCCCC(CC)C(=O)NC1=CC(=[N+]2c3ccc(C(C)(C)C)cc3-c3cc(C(C)(C)C)ccc32)C=C/C1=C1\C(=O)C(c2ccc(-n3c4ccc(C(C)(C)C)cc4c4cc(C(C)(C)C)ccc43)cc2NC(=O)C(CC)CCCC)=C1[O-]. The molecule has 8 nitrogen and oxygen atoms in total. The Bertz CT molecular complexity index is 3520. The van der Waals surface area contributed by atoms with Crippen LogP contribution in [0.5, 0.6) is 0 Å². The lowest BCUT2D eigenvalue weighted by molar-refractivity contribution is -0.297. The van der Waals surface area contributed by atoms with E-state index >= 15 is 9.90 Å². The molecule has 6 aromatic rings. The Morgan fingerprint density at radius 2 is 1.01 bits per heavy atom.